The maximum absolute atomic E-state index is 5.88. The normalized spacial score (nSPS) is 10.9. The lowest BCUT2D eigenvalue weighted by Crippen LogP contribution is -2.00. The van der Waals surface area contributed by atoms with E-state index in [1.54, 1.807) is 11.3 Å². The van der Waals surface area contributed by atoms with Gasteiger partial charge in [0.1, 0.15) is 0 Å². The largest absolute Gasteiger partial charge is 0.399 e. The Balaban J connectivity index is 1.95. The quantitative estimate of drug-likeness (QED) is 0.682. The van der Waals surface area contributed by atoms with Crippen molar-refractivity contribution < 1.29 is 0 Å². The summed E-state index contributed by atoms with van der Waals surface area (Å²) in [6.07, 6.45) is 0. The average molecular weight is 348 g/mol. The van der Waals surface area contributed by atoms with Crippen molar-refractivity contribution in [3.05, 3.63) is 50.8 Å². The van der Waals surface area contributed by atoms with E-state index < -0.39 is 0 Å². The molecule has 0 saturated carbocycles. The molecule has 5 heteroatoms. The average Bonchev–Trinajstić information content (AvgIpc) is 2.82. The van der Waals surface area contributed by atoms with Gasteiger partial charge in [0.25, 0.3) is 0 Å². The first-order valence-corrected chi connectivity index (χ1v) is 7.88. The Bertz CT molecular complexity index is 767. The van der Waals surface area contributed by atoms with Crippen molar-refractivity contribution in [2.45, 2.75) is 13.5 Å². The van der Waals surface area contributed by atoms with Gasteiger partial charge in [-0.3, -0.25) is 4.98 Å². The molecule has 3 N–H and O–H groups in total. The maximum Gasteiger partial charge on any atom is 0.0727 e. The second-order valence-electron chi connectivity index (χ2n) is 4.65. The van der Waals surface area contributed by atoms with E-state index >= 15 is 0 Å². The van der Waals surface area contributed by atoms with Crippen molar-refractivity contribution in [3.63, 3.8) is 0 Å². The van der Waals surface area contributed by atoms with Gasteiger partial charge in [0.2, 0.25) is 0 Å². The number of nitrogens with zero attached hydrogens (tertiary/aromatic N) is 1. The van der Waals surface area contributed by atoms with Crippen molar-refractivity contribution in [2.75, 3.05) is 11.1 Å². The minimum absolute atomic E-state index is 0.755. The predicted octanol–water partition coefficient (Wildman–Crippen LogP) is 4.56. The molecule has 1 aromatic carbocycles. The van der Waals surface area contributed by atoms with E-state index in [1.165, 1.54) is 4.88 Å². The summed E-state index contributed by atoms with van der Waals surface area (Å²) >= 11 is 5.22. The van der Waals surface area contributed by atoms with Crippen molar-refractivity contribution in [3.8, 4) is 0 Å². The molecule has 0 amide bonds. The zero-order valence-corrected chi connectivity index (χ0v) is 13.4. The first-order chi connectivity index (χ1) is 9.61. The van der Waals surface area contributed by atoms with Gasteiger partial charge in [-0.25, -0.2) is 0 Å². The van der Waals surface area contributed by atoms with E-state index in [9.17, 15) is 0 Å². The first-order valence-electron chi connectivity index (χ1n) is 6.27. The second-order valence-corrected chi connectivity index (χ2v) is 7.19. The number of nitrogen functional groups attached to an aromatic ring is 1. The Morgan fingerprint density at radius 2 is 2.10 bits per heavy atom. The van der Waals surface area contributed by atoms with Crippen LogP contribution in [-0.2, 0) is 6.54 Å². The summed E-state index contributed by atoms with van der Waals surface area (Å²) in [5.74, 6) is 0. The third kappa shape index (κ3) is 2.78. The van der Waals surface area contributed by atoms with Crippen LogP contribution in [-0.4, -0.2) is 4.98 Å². The summed E-state index contributed by atoms with van der Waals surface area (Å²) in [5, 5.41) is 4.54. The molecular formula is C15H14BrN3S. The van der Waals surface area contributed by atoms with Crippen LogP contribution < -0.4 is 11.1 Å². The molecule has 20 heavy (non-hydrogen) atoms. The van der Waals surface area contributed by atoms with Gasteiger partial charge in [-0.2, -0.15) is 0 Å². The molecule has 3 aromatic rings. The molecule has 0 fully saturated rings. The van der Waals surface area contributed by atoms with Crippen LogP contribution in [0.25, 0.3) is 10.9 Å². The highest BCUT2D eigenvalue weighted by atomic mass is 79.9. The summed E-state index contributed by atoms with van der Waals surface area (Å²) in [7, 11) is 0. The molecule has 0 aliphatic rings. The van der Waals surface area contributed by atoms with Crippen molar-refractivity contribution in [2.24, 2.45) is 0 Å². The number of aromatic nitrogens is 1. The van der Waals surface area contributed by atoms with E-state index in [-0.39, 0.29) is 0 Å². The van der Waals surface area contributed by atoms with Crippen LogP contribution in [0.4, 0.5) is 11.4 Å². The lowest BCUT2D eigenvalue weighted by molar-refractivity contribution is 1.18. The second kappa shape index (κ2) is 5.42. The Kier molecular flexibility index (Phi) is 3.63. The fraction of sp³-hybridized carbons (Fsp3) is 0.133. The Hall–Kier alpha value is -1.59. The number of halogens is 1. The van der Waals surface area contributed by atoms with Gasteiger partial charge in [0, 0.05) is 33.9 Å². The topological polar surface area (TPSA) is 50.9 Å². The van der Waals surface area contributed by atoms with Crippen molar-refractivity contribution in [1.82, 2.24) is 4.98 Å². The van der Waals surface area contributed by atoms with E-state index in [4.69, 9.17) is 5.73 Å². The molecular weight excluding hydrogens is 334 g/mol. The van der Waals surface area contributed by atoms with Gasteiger partial charge in [-0.1, -0.05) is 0 Å². The van der Waals surface area contributed by atoms with Crippen LogP contribution in [0, 0.1) is 6.92 Å². The smallest absolute Gasteiger partial charge is 0.0727 e. The Morgan fingerprint density at radius 1 is 1.25 bits per heavy atom. The van der Waals surface area contributed by atoms with Gasteiger partial charge in [0.05, 0.1) is 9.30 Å². The van der Waals surface area contributed by atoms with Crippen LogP contribution in [0.2, 0.25) is 0 Å². The molecule has 0 spiro atoms. The number of nitrogens with one attached hydrogen (secondary N) is 1. The zero-order chi connectivity index (χ0) is 14.1. The van der Waals surface area contributed by atoms with Gasteiger partial charge >= 0.3 is 0 Å². The van der Waals surface area contributed by atoms with E-state index in [2.05, 4.69) is 44.4 Å². The van der Waals surface area contributed by atoms with E-state index in [0.29, 0.717) is 0 Å². The van der Waals surface area contributed by atoms with Crippen molar-refractivity contribution in [1.29, 1.82) is 0 Å². The van der Waals surface area contributed by atoms with Crippen LogP contribution in [0.3, 0.4) is 0 Å². The zero-order valence-electron chi connectivity index (χ0n) is 11.0. The number of benzene rings is 1. The number of hydrogen-bond donors (Lipinski definition) is 2. The molecule has 0 radical (unpaired) electrons. The van der Waals surface area contributed by atoms with Gasteiger partial charge < -0.3 is 11.1 Å². The standard InChI is InChI=1S/C15H14BrN3S/c1-9-6-14(18-8-11-3-5-15(16)20-11)12-7-10(17)2-4-13(12)19-9/h2-7H,8,17H2,1H3,(H,18,19). The molecule has 3 nitrogen and oxygen atoms in total. The maximum atomic E-state index is 5.88. The van der Waals surface area contributed by atoms with Crippen LogP contribution in [0.15, 0.2) is 40.2 Å². The van der Waals surface area contributed by atoms with Gasteiger partial charge in [-0.05, 0) is 59.3 Å². The van der Waals surface area contributed by atoms with E-state index in [0.717, 1.165) is 38.3 Å². The van der Waals surface area contributed by atoms with Crippen LogP contribution in [0.5, 0.6) is 0 Å². The third-order valence-corrected chi connectivity index (χ3v) is 4.67. The highest BCUT2D eigenvalue weighted by Crippen LogP contribution is 2.27. The SMILES string of the molecule is Cc1cc(NCc2ccc(Br)s2)c2cc(N)ccc2n1. The molecule has 0 aliphatic carbocycles. The summed E-state index contributed by atoms with van der Waals surface area (Å²) in [4.78, 5) is 5.82. The first kappa shape index (κ1) is 13.4. The fourth-order valence-corrected chi connectivity index (χ4v) is 3.57. The molecule has 0 atom stereocenters. The molecule has 2 heterocycles. The lowest BCUT2D eigenvalue weighted by Gasteiger charge is -2.10. The minimum Gasteiger partial charge on any atom is -0.399 e. The molecule has 102 valence electrons. The molecule has 0 bridgehead atoms. The van der Waals surface area contributed by atoms with Crippen LogP contribution in [0.1, 0.15) is 10.6 Å². The number of fused-ring (bicyclic) bond motifs is 1. The molecule has 0 unspecified atom stereocenters. The number of aryl methyl sites for hydroxylation is 1. The lowest BCUT2D eigenvalue weighted by atomic mass is 10.1. The van der Waals surface area contributed by atoms with Gasteiger partial charge in [0.15, 0.2) is 0 Å². The summed E-state index contributed by atoms with van der Waals surface area (Å²) < 4.78 is 1.15. The Morgan fingerprint density at radius 3 is 2.85 bits per heavy atom. The third-order valence-electron chi connectivity index (χ3n) is 3.04. The molecule has 2 aromatic heterocycles. The number of rotatable bonds is 3. The van der Waals surface area contributed by atoms with Gasteiger partial charge in [-0.15, -0.1) is 11.3 Å². The van der Waals surface area contributed by atoms with E-state index in [1.807, 2.05) is 25.1 Å². The summed E-state index contributed by atoms with van der Waals surface area (Å²) in [5.41, 5.74) is 9.67. The highest BCUT2D eigenvalue weighted by molar-refractivity contribution is 9.11. The number of thiophene rings is 1. The van der Waals surface area contributed by atoms with Crippen LogP contribution >= 0.6 is 27.3 Å². The monoisotopic (exact) mass is 347 g/mol. The number of anilines is 2. The number of nitrogens with two attached hydrogens (primary N) is 1. The highest BCUT2D eigenvalue weighted by Gasteiger charge is 2.05. The predicted molar refractivity (Wildman–Crippen MR) is 90.2 cm³/mol. The fourth-order valence-electron chi connectivity index (χ4n) is 2.15. The molecule has 0 aliphatic heterocycles. The summed E-state index contributed by atoms with van der Waals surface area (Å²) in [6.45, 7) is 2.80. The van der Waals surface area contributed by atoms with Crippen molar-refractivity contribution >= 4 is 49.5 Å². The summed E-state index contributed by atoms with van der Waals surface area (Å²) in [6, 6.07) is 12.1. The number of hydrogen-bond acceptors (Lipinski definition) is 4. The number of pyridine rings is 1. The minimum atomic E-state index is 0.755. The molecule has 0 saturated heterocycles. The molecule has 3 rings (SSSR count). The Labute approximate surface area is 130 Å².